The number of nitrogens with zero attached hydrogens (tertiary/aromatic N) is 2. The van der Waals surface area contributed by atoms with Gasteiger partial charge in [-0.05, 0) is 38.0 Å². The third kappa shape index (κ3) is 7.84. The molecule has 142 valence electrons. The van der Waals surface area contributed by atoms with E-state index in [1.165, 1.54) is 19.3 Å². The Labute approximate surface area is 149 Å². The molecule has 1 saturated heterocycles. The lowest BCUT2D eigenvalue weighted by Crippen LogP contribution is -2.40. The van der Waals surface area contributed by atoms with E-state index in [9.17, 15) is 0 Å². The Bertz CT molecular complexity index is 333. The lowest BCUT2D eigenvalue weighted by atomic mass is 9.87. The molecule has 0 aromatic heterocycles. The Kier molecular flexibility index (Phi) is 11.9. The first-order valence-electron chi connectivity index (χ1n) is 9.86. The largest absolute Gasteiger partial charge is 0.382 e. The van der Waals surface area contributed by atoms with Crippen LogP contribution in [-0.4, -0.2) is 64.0 Å². The molecule has 1 fully saturated rings. The fourth-order valence-electron chi connectivity index (χ4n) is 3.49. The molecule has 1 rings (SSSR count). The van der Waals surface area contributed by atoms with Crippen molar-refractivity contribution in [2.45, 2.75) is 52.9 Å². The van der Waals surface area contributed by atoms with Crippen molar-refractivity contribution in [3.8, 4) is 0 Å². The predicted molar refractivity (Wildman–Crippen MR) is 102 cm³/mol. The monoisotopic (exact) mass is 341 g/mol. The van der Waals surface area contributed by atoms with Crippen molar-refractivity contribution in [3.63, 3.8) is 0 Å². The number of ether oxygens (including phenoxy) is 2. The van der Waals surface area contributed by atoms with E-state index < -0.39 is 0 Å². The van der Waals surface area contributed by atoms with Crippen LogP contribution < -0.4 is 5.32 Å². The van der Waals surface area contributed by atoms with Crippen LogP contribution in [0.15, 0.2) is 4.99 Å². The molecule has 1 unspecified atom stereocenters. The molecule has 1 N–H and O–H groups in total. The number of hydrogen-bond donors (Lipinski definition) is 1. The third-order valence-electron chi connectivity index (χ3n) is 4.96. The van der Waals surface area contributed by atoms with Gasteiger partial charge in [-0.2, -0.15) is 0 Å². The summed E-state index contributed by atoms with van der Waals surface area (Å²) in [5, 5.41) is 3.47. The molecule has 1 aliphatic rings. The summed E-state index contributed by atoms with van der Waals surface area (Å²) in [5.41, 5.74) is 0. The number of guanidine groups is 1. The van der Waals surface area contributed by atoms with E-state index in [2.05, 4.69) is 31.0 Å². The average Bonchev–Trinajstić information content (AvgIpc) is 3.07. The third-order valence-corrected chi connectivity index (χ3v) is 4.96. The van der Waals surface area contributed by atoms with Gasteiger partial charge in [0.05, 0.1) is 13.2 Å². The molecule has 0 aromatic rings. The summed E-state index contributed by atoms with van der Waals surface area (Å²) < 4.78 is 10.5. The lowest BCUT2D eigenvalue weighted by molar-refractivity contribution is 0.0690. The Morgan fingerprint density at radius 2 is 1.96 bits per heavy atom. The van der Waals surface area contributed by atoms with Gasteiger partial charge >= 0.3 is 0 Å². The molecule has 1 heterocycles. The van der Waals surface area contributed by atoms with Gasteiger partial charge in [-0.25, -0.2) is 0 Å². The summed E-state index contributed by atoms with van der Waals surface area (Å²) in [6.45, 7) is 13.1. The van der Waals surface area contributed by atoms with Gasteiger partial charge in [0.25, 0.3) is 0 Å². The zero-order valence-corrected chi connectivity index (χ0v) is 16.4. The molecule has 0 aliphatic carbocycles. The second kappa shape index (κ2) is 13.5. The van der Waals surface area contributed by atoms with Gasteiger partial charge in [0.15, 0.2) is 5.96 Å². The highest BCUT2D eigenvalue weighted by Crippen LogP contribution is 2.28. The molecular weight excluding hydrogens is 302 g/mol. The molecule has 0 radical (unpaired) electrons. The van der Waals surface area contributed by atoms with E-state index in [1.54, 1.807) is 7.11 Å². The maximum atomic E-state index is 5.49. The Morgan fingerprint density at radius 3 is 2.62 bits per heavy atom. The van der Waals surface area contributed by atoms with Crippen molar-refractivity contribution < 1.29 is 9.47 Å². The summed E-state index contributed by atoms with van der Waals surface area (Å²) in [4.78, 5) is 7.29. The fourth-order valence-corrected chi connectivity index (χ4v) is 3.49. The van der Waals surface area contributed by atoms with Crippen molar-refractivity contribution in [2.24, 2.45) is 16.8 Å². The Balaban J connectivity index is 2.32. The van der Waals surface area contributed by atoms with Gasteiger partial charge in [0.2, 0.25) is 0 Å². The zero-order chi connectivity index (χ0) is 17.6. The van der Waals surface area contributed by atoms with E-state index >= 15 is 0 Å². The summed E-state index contributed by atoms with van der Waals surface area (Å²) in [7, 11) is 1.70. The first kappa shape index (κ1) is 21.2. The van der Waals surface area contributed by atoms with Gasteiger partial charge < -0.3 is 19.7 Å². The van der Waals surface area contributed by atoms with E-state index in [-0.39, 0.29) is 0 Å². The van der Waals surface area contributed by atoms with Gasteiger partial charge in [-0.1, -0.05) is 26.7 Å². The Hall–Kier alpha value is -0.810. The van der Waals surface area contributed by atoms with Crippen LogP contribution in [0.2, 0.25) is 0 Å². The van der Waals surface area contributed by atoms with Crippen LogP contribution in [0.3, 0.4) is 0 Å². The summed E-state index contributed by atoms with van der Waals surface area (Å²) >= 11 is 0. The van der Waals surface area contributed by atoms with Crippen molar-refractivity contribution in [1.82, 2.24) is 10.2 Å². The number of rotatable bonds is 12. The molecule has 0 bridgehead atoms. The van der Waals surface area contributed by atoms with Gasteiger partial charge in [0.1, 0.15) is 0 Å². The minimum Gasteiger partial charge on any atom is -0.382 e. The topological polar surface area (TPSA) is 46.1 Å². The maximum absolute atomic E-state index is 5.49. The van der Waals surface area contributed by atoms with Crippen LogP contribution in [0.25, 0.3) is 0 Å². The maximum Gasteiger partial charge on any atom is 0.193 e. The quantitative estimate of drug-likeness (QED) is 0.336. The Morgan fingerprint density at radius 1 is 1.17 bits per heavy atom. The summed E-state index contributed by atoms with van der Waals surface area (Å²) in [6, 6.07) is 0. The number of aliphatic imine (C=N–C) groups is 1. The van der Waals surface area contributed by atoms with E-state index in [1.807, 2.05) is 0 Å². The first-order chi connectivity index (χ1) is 11.8. The molecule has 5 nitrogen and oxygen atoms in total. The summed E-state index contributed by atoms with van der Waals surface area (Å²) in [6.07, 6.45) is 6.04. The van der Waals surface area contributed by atoms with E-state index in [0.717, 1.165) is 63.4 Å². The van der Waals surface area contributed by atoms with Crippen LogP contribution in [-0.2, 0) is 9.47 Å². The predicted octanol–water partition coefficient (Wildman–Crippen LogP) is 3.15. The normalized spacial score (nSPS) is 18.6. The molecule has 1 aliphatic heterocycles. The molecule has 24 heavy (non-hydrogen) atoms. The van der Waals surface area contributed by atoms with Crippen molar-refractivity contribution in [1.29, 1.82) is 0 Å². The number of nitrogens with one attached hydrogen (secondary N) is 1. The zero-order valence-electron chi connectivity index (χ0n) is 16.4. The highest BCUT2D eigenvalue weighted by atomic mass is 16.5. The number of likely N-dealkylation sites (tertiary alicyclic amines) is 1. The van der Waals surface area contributed by atoms with E-state index in [0.29, 0.717) is 13.2 Å². The molecule has 0 spiro atoms. The molecule has 0 saturated carbocycles. The van der Waals surface area contributed by atoms with Gasteiger partial charge in [-0.3, -0.25) is 4.99 Å². The van der Waals surface area contributed by atoms with Crippen LogP contribution in [0.1, 0.15) is 52.9 Å². The van der Waals surface area contributed by atoms with Crippen LogP contribution >= 0.6 is 0 Å². The average molecular weight is 342 g/mol. The summed E-state index contributed by atoms with van der Waals surface area (Å²) in [5.74, 6) is 2.80. The highest BCUT2D eigenvalue weighted by Gasteiger charge is 2.29. The fraction of sp³-hybridized carbons (Fsp3) is 0.947. The van der Waals surface area contributed by atoms with Crippen molar-refractivity contribution in [2.75, 3.05) is 53.1 Å². The molecule has 1 atom stereocenters. The van der Waals surface area contributed by atoms with Crippen molar-refractivity contribution >= 4 is 5.96 Å². The van der Waals surface area contributed by atoms with Crippen molar-refractivity contribution in [3.05, 3.63) is 0 Å². The highest BCUT2D eigenvalue weighted by molar-refractivity contribution is 5.80. The number of hydrogen-bond acceptors (Lipinski definition) is 3. The minimum atomic E-state index is 0.676. The molecule has 0 amide bonds. The molecular formula is C19H39N3O2. The van der Waals surface area contributed by atoms with Gasteiger partial charge in [-0.15, -0.1) is 0 Å². The second-order valence-electron chi connectivity index (χ2n) is 6.62. The first-order valence-corrected chi connectivity index (χ1v) is 9.86. The smallest absolute Gasteiger partial charge is 0.193 e. The number of methoxy groups -OCH3 is 1. The van der Waals surface area contributed by atoms with E-state index in [4.69, 9.17) is 14.5 Å². The minimum absolute atomic E-state index is 0.676. The van der Waals surface area contributed by atoms with Crippen LogP contribution in [0, 0.1) is 11.8 Å². The number of unbranched alkanes of at least 4 members (excludes halogenated alkanes) is 1. The van der Waals surface area contributed by atoms with Crippen LogP contribution in [0.5, 0.6) is 0 Å². The van der Waals surface area contributed by atoms with Crippen LogP contribution in [0.4, 0.5) is 0 Å². The molecule has 5 heteroatoms. The van der Waals surface area contributed by atoms with Gasteiger partial charge in [0, 0.05) is 39.9 Å². The standard InChI is InChI=1S/C19H39N3O2/c1-5-17(6-2)18-10-12-22(16-18)19(20-7-3)21-11-8-9-13-24-15-14-23-4/h17-18H,5-16H2,1-4H3,(H,20,21). The lowest BCUT2D eigenvalue weighted by Gasteiger charge is -2.24. The second-order valence-corrected chi connectivity index (χ2v) is 6.62. The SMILES string of the molecule is CCNC(=NCCCCOCCOC)N1CCC(C(CC)CC)C1. The molecule has 0 aromatic carbocycles.